The molecule has 26 heavy (non-hydrogen) atoms. The zero-order valence-electron chi connectivity index (χ0n) is 16.3. The highest BCUT2D eigenvalue weighted by Gasteiger charge is 2.14. The maximum absolute atomic E-state index is 12.0. The molecule has 1 aromatic carbocycles. The van der Waals surface area contributed by atoms with E-state index in [-0.39, 0.29) is 11.5 Å². The highest BCUT2D eigenvalue weighted by atomic mass is 32.2. The van der Waals surface area contributed by atoms with Gasteiger partial charge < -0.3 is 5.11 Å². The normalized spacial score (nSPS) is 11.8. The third-order valence-electron chi connectivity index (χ3n) is 4.60. The Balaban J connectivity index is 1.94. The fourth-order valence-corrected chi connectivity index (χ4v) is 3.87. The Morgan fingerprint density at radius 1 is 0.731 bits per heavy atom. The molecule has 0 bridgehead atoms. The maximum atomic E-state index is 12.0. The lowest BCUT2D eigenvalue weighted by Crippen LogP contribution is -2.07. The van der Waals surface area contributed by atoms with Crippen LogP contribution in [0, 0.1) is 6.92 Å². The molecular weight excluding hydrogens is 348 g/mol. The largest absolute Gasteiger partial charge is 0.396 e. The summed E-state index contributed by atoms with van der Waals surface area (Å²) in [6.45, 7) is 2.52. The molecule has 0 aromatic heterocycles. The number of hydrogen-bond acceptors (Lipinski definition) is 4. The number of hydrogen-bond donors (Lipinski definition) is 1. The molecule has 150 valence electrons. The summed E-state index contributed by atoms with van der Waals surface area (Å²) < 4.78 is 29.2. The molecule has 0 heterocycles. The van der Waals surface area contributed by atoms with E-state index in [1.807, 2.05) is 6.92 Å². The fourth-order valence-electron chi connectivity index (χ4n) is 2.92. The Labute approximate surface area is 160 Å². The van der Waals surface area contributed by atoms with Crippen LogP contribution in [0.1, 0.15) is 82.6 Å². The Bertz CT molecular complexity index is 552. The van der Waals surface area contributed by atoms with Gasteiger partial charge in [-0.1, -0.05) is 81.9 Å². The average Bonchev–Trinajstić information content (AvgIpc) is 2.62. The van der Waals surface area contributed by atoms with E-state index in [4.69, 9.17) is 9.29 Å². The molecule has 0 unspecified atom stereocenters. The highest BCUT2D eigenvalue weighted by Crippen LogP contribution is 2.15. The van der Waals surface area contributed by atoms with E-state index in [9.17, 15) is 8.42 Å². The summed E-state index contributed by atoms with van der Waals surface area (Å²) in [4.78, 5) is 0.236. The van der Waals surface area contributed by atoms with E-state index in [1.165, 1.54) is 44.9 Å². The molecule has 0 fully saturated rings. The molecule has 0 radical (unpaired) electrons. The second-order valence-electron chi connectivity index (χ2n) is 7.06. The van der Waals surface area contributed by atoms with Crippen LogP contribution in [0.15, 0.2) is 29.2 Å². The summed E-state index contributed by atoms with van der Waals surface area (Å²) in [5.41, 5.74) is 1.03. The van der Waals surface area contributed by atoms with Crippen molar-refractivity contribution in [2.45, 2.75) is 88.9 Å². The fraction of sp³-hybridized carbons (Fsp3) is 0.714. The zero-order chi connectivity index (χ0) is 19.1. The number of unbranched alkanes of at least 4 members (excludes halogenated alkanes) is 11. The zero-order valence-corrected chi connectivity index (χ0v) is 17.1. The topological polar surface area (TPSA) is 63.6 Å². The van der Waals surface area contributed by atoms with E-state index >= 15 is 0 Å². The van der Waals surface area contributed by atoms with Crippen molar-refractivity contribution in [2.75, 3.05) is 13.2 Å². The number of benzene rings is 1. The Morgan fingerprint density at radius 2 is 1.15 bits per heavy atom. The van der Waals surface area contributed by atoms with Crippen LogP contribution >= 0.6 is 0 Å². The van der Waals surface area contributed by atoms with Gasteiger partial charge in [0.05, 0.1) is 11.5 Å². The molecule has 1 aromatic rings. The van der Waals surface area contributed by atoms with Crippen molar-refractivity contribution in [1.29, 1.82) is 0 Å². The molecule has 0 saturated heterocycles. The van der Waals surface area contributed by atoms with Gasteiger partial charge in [0.1, 0.15) is 0 Å². The van der Waals surface area contributed by atoms with Crippen LogP contribution in [0.5, 0.6) is 0 Å². The molecule has 0 spiro atoms. The molecule has 5 heteroatoms. The first-order chi connectivity index (χ1) is 12.6. The van der Waals surface area contributed by atoms with E-state index in [0.717, 1.165) is 37.7 Å². The predicted molar refractivity (Wildman–Crippen MR) is 107 cm³/mol. The van der Waals surface area contributed by atoms with Crippen molar-refractivity contribution in [3.05, 3.63) is 29.8 Å². The van der Waals surface area contributed by atoms with E-state index in [2.05, 4.69) is 0 Å². The van der Waals surface area contributed by atoms with Crippen LogP contribution in [0.4, 0.5) is 0 Å². The van der Waals surface area contributed by atoms with Gasteiger partial charge in [-0.25, -0.2) is 0 Å². The number of aliphatic hydroxyl groups excluding tert-OH is 1. The first-order valence-corrected chi connectivity index (χ1v) is 11.5. The van der Waals surface area contributed by atoms with Gasteiger partial charge in [0, 0.05) is 6.61 Å². The number of aliphatic hydroxyl groups is 1. The first kappa shape index (κ1) is 23.1. The summed E-state index contributed by atoms with van der Waals surface area (Å²) in [5, 5.41) is 8.71. The van der Waals surface area contributed by atoms with Crippen LogP contribution in [0.2, 0.25) is 0 Å². The van der Waals surface area contributed by atoms with Gasteiger partial charge in [0.25, 0.3) is 10.1 Å². The minimum atomic E-state index is -3.61. The van der Waals surface area contributed by atoms with Gasteiger partial charge in [0.2, 0.25) is 0 Å². The van der Waals surface area contributed by atoms with Crippen molar-refractivity contribution in [3.8, 4) is 0 Å². The minimum absolute atomic E-state index is 0.236. The van der Waals surface area contributed by atoms with Crippen LogP contribution in [0.3, 0.4) is 0 Å². The van der Waals surface area contributed by atoms with Crippen LogP contribution in [0.25, 0.3) is 0 Å². The molecule has 0 saturated carbocycles. The molecule has 0 atom stereocenters. The molecule has 0 aliphatic rings. The standard InChI is InChI=1S/C21H36O4S/c1-20-14-16-21(17-15-20)26(23,24)25-19-13-11-9-7-5-3-2-4-6-8-10-12-18-22/h14-17,22H,2-13,18-19H2,1H3. The smallest absolute Gasteiger partial charge is 0.296 e. The molecule has 1 rings (SSSR count). The monoisotopic (exact) mass is 384 g/mol. The second-order valence-corrected chi connectivity index (χ2v) is 8.67. The Kier molecular flexibility index (Phi) is 12.6. The molecule has 4 nitrogen and oxygen atoms in total. The van der Waals surface area contributed by atoms with Gasteiger partial charge in [-0.05, 0) is 31.9 Å². The van der Waals surface area contributed by atoms with Crippen molar-refractivity contribution in [3.63, 3.8) is 0 Å². The quantitative estimate of drug-likeness (QED) is 0.307. The summed E-state index contributed by atoms with van der Waals surface area (Å²) in [7, 11) is -3.61. The van der Waals surface area contributed by atoms with Crippen molar-refractivity contribution < 1.29 is 17.7 Å². The van der Waals surface area contributed by atoms with E-state index < -0.39 is 10.1 Å². The van der Waals surface area contributed by atoms with E-state index in [0.29, 0.717) is 6.61 Å². The summed E-state index contributed by atoms with van der Waals surface area (Å²) in [6, 6.07) is 6.76. The van der Waals surface area contributed by atoms with Crippen LogP contribution in [-0.4, -0.2) is 26.7 Å². The molecule has 1 N–H and O–H groups in total. The lowest BCUT2D eigenvalue weighted by Gasteiger charge is -2.06. The van der Waals surface area contributed by atoms with Crippen molar-refractivity contribution in [1.82, 2.24) is 0 Å². The third kappa shape index (κ3) is 10.9. The molecule has 0 amide bonds. The highest BCUT2D eigenvalue weighted by molar-refractivity contribution is 7.86. The van der Waals surface area contributed by atoms with Gasteiger partial charge in [-0.15, -0.1) is 0 Å². The van der Waals surface area contributed by atoms with Gasteiger partial charge in [-0.2, -0.15) is 8.42 Å². The summed E-state index contributed by atoms with van der Waals surface area (Å²) in [5.74, 6) is 0. The van der Waals surface area contributed by atoms with Crippen LogP contribution in [-0.2, 0) is 14.3 Å². The Morgan fingerprint density at radius 3 is 1.62 bits per heavy atom. The SMILES string of the molecule is Cc1ccc(S(=O)(=O)OCCCCCCCCCCCCCCO)cc1. The van der Waals surface area contributed by atoms with Crippen molar-refractivity contribution >= 4 is 10.1 Å². The van der Waals surface area contributed by atoms with E-state index in [1.54, 1.807) is 24.3 Å². The molecular formula is C21H36O4S. The van der Waals surface area contributed by atoms with Gasteiger partial charge in [-0.3, -0.25) is 4.18 Å². The average molecular weight is 385 g/mol. The molecule has 0 aliphatic carbocycles. The number of aryl methyl sites for hydroxylation is 1. The van der Waals surface area contributed by atoms with Gasteiger partial charge >= 0.3 is 0 Å². The summed E-state index contributed by atoms with van der Waals surface area (Å²) in [6.07, 6.45) is 13.9. The van der Waals surface area contributed by atoms with Crippen LogP contribution < -0.4 is 0 Å². The maximum Gasteiger partial charge on any atom is 0.296 e. The number of rotatable bonds is 16. The summed E-state index contributed by atoms with van der Waals surface area (Å²) >= 11 is 0. The first-order valence-electron chi connectivity index (χ1n) is 10.1. The second kappa shape index (κ2) is 14.2. The Hall–Kier alpha value is -0.910. The lowest BCUT2D eigenvalue weighted by molar-refractivity contribution is 0.282. The predicted octanol–water partition coefficient (Wildman–Crippen LogP) is 5.37. The van der Waals surface area contributed by atoms with Crippen molar-refractivity contribution in [2.24, 2.45) is 0 Å². The van der Waals surface area contributed by atoms with Gasteiger partial charge in [0.15, 0.2) is 0 Å². The minimum Gasteiger partial charge on any atom is -0.396 e. The lowest BCUT2D eigenvalue weighted by atomic mass is 10.1. The molecule has 0 aliphatic heterocycles. The third-order valence-corrected chi connectivity index (χ3v) is 5.93.